The number of rotatable bonds is 5. The first kappa shape index (κ1) is 15.6. The van der Waals surface area contributed by atoms with E-state index in [0.29, 0.717) is 12.5 Å². The molecule has 0 saturated heterocycles. The molecule has 1 aromatic carbocycles. The second-order valence-electron chi connectivity index (χ2n) is 4.86. The van der Waals surface area contributed by atoms with E-state index in [9.17, 15) is 0 Å². The molecular formula is C18H20O2S. The molecule has 0 saturated carbocycles. The van der Waals surface area contributed by atoms with Crippen LogP contribution in [0.3, 0.4) is 0 Å². The van der Waals surface area contributed by atoms with Gasteiger partial charge in [0.2, 0.25) is 0 Å². The quantitative estimate of drug-likeness (QED) is 0.839. The number of benzene rings is 1. The highest BCUT2D eigenvalue weighted by Crippen LogP contribution is 2.29. The van der Waals surface area contributed by atoms with Crippen molar-refractivity contribution in [3.05, 3.63) is 51.7 Å². The van der Waals surface area contributed by atoms with Crippen molar-refractivity contribution in [1.29, 1.82) is 0 Å². The smallest absolute Gasteiger partial charge is 0.123 e. The predicted molar refractivity (Wildman–Crippen MR) is 87.8 cm³/mol. The van der Waals surface area contributed by atoms with Gasteiger partial charge in [-0.15, -0.1) is 11.3 Å². The average molecular weight is 300 g/mol. The summed E-state index contributed by atoms with van der Waals surface area (Å²) in [5.41, 5.74) is 1.26. The van der Waals surface area contributed by atoms with Gasteiger partial charge in [0.05, 0.1) is 4.88 Å². The van der Waals surface area contributed by atoms with Crippen molar-refractivity contribution < 1.29 is 9.84 Å². The van der Waals surface area contributed by atoms with Crippen LogP contribution in [0.5, 0.6) is 5.75 Å². The molecule has 2 aromatic rings. The fraction of sp³-hybridized carbons (Fsp3) is 0.333. The molecule has 0 bridgehead atoms. The lowest BCUT2D eigenvalue weighted by atomic mass is 9.98. The Hall–Kier alpha value is -1.76. The first-order valence-corrected chi connectivity index (χ1v) is 7.96. The van der Waals surface area contributed by atoms with Crippen LogP contribution in [0.25, 0.3) is 0 Å². The monoisotopic (exact) mass is 300 g/mol. The Morgan fingerprint density at radius 1 is 1.24 bits per heavy atom. The summed E-state index contributed by atoms with van der Waals surface area (Å²) in [5, 5.41) is 8.70. The first-order chi connectivity index (χ1) is 10.2. The van der Waals surface area contributed by atoms with Crippen molar-refractivity contribution in [2.45, 2.75) is 32.8 Å². The minimum absolute atomic E-state index is 0.105. The van der Waals surface area contributed by atoms with Gasteiger partial charge in [-0.1, -0.05) is 43.9 Å². The minimum Gasteiger partial charge on any atom is -0.488 e. The Morgan fingerprint density at radius 3 is 2.81 bits per heavy atom. The number of thiophene rings is 1. The maximum atomic E-state index is 8.70. The molecule has 1 N–H and O–H groups in total. The molecule has 110 valence electrons. The SMILES string of the molecule is CCC(C)c1ccccc1OCc1ccc(C#CCO)s1. The van der Waals surface area contributed by atoms with Crippen LogP contribution in [0, 0.1) is 11.8 Å². The van der Waals surface area contributed by atoms with Gasteiger partial charge in [0.25, 0.3) is 0 Å². The van der Waals surface area contributed by atoms with Gasteiger partial charge < -0.3 is 9.84 Å². The van der Waals surface area contributed by atoms with E-state index in [1.165, 1.54) is 5.56 Å². The lowest BCUT2D eigenvalue weighted by molar-refractivity contribution is 0.304. The van der Waals surface area contributed by atoms with Crippen molar-refractivity contribution in [2.24, 2.45) is 0 Å². The fourth-order valence-corrected chi connectivity index (χ4v) is 2.83. The Balaban J connectivity index is 2.05. The number of hydrogen-bond donors (Lipinski definition) is 1. The fourth-order valence-electron chi connectivity index (χ4n) is 2.04. The van der Waals surface area contributed by atoms with E-state index in [1.54, 1.807) is 11.3 Å². The van der Waals surface area contributed by atoms with Gasteiger partial charge in [0.15, 0.2) is 0 Å². The van der Waals surface area contributed by atoms with Gasteiger partial charge in [-0.2, -0.15) is 0 Å². The molecule has 1 atom stereocenters. The third-order valence-corrected chi connectivity index (χ3v) is 4.36. The van der Waals surface area contributed by atoms with Gasteiger partial charge in [0.1, 0.15) is 19.0 Å². The van der Waals surface area contributed by atoms with Crippen molar-refractivity contribution in [3.8, 4) is 17.6 Å². The van der Waals surface area contributed by atoms with Crippen LogP contribution >= 0.6 is 11.3 Å². The minimum atomic E-state index is -0.105. The molecule has 0 amide bonds. The lowest BCUT2D eigenvalue weighted by Crippen LogP contribution is -1.99. The summed E-state index contributed by atoms with van der Waals surface area (Å²) < 4.78 is 5.98. The molecule has 0 aliphatic heterocycles. The van der Waals surface area contributed by atoms with E-state index in [0.717, 1.165) is 21.9 Å². The zero-order chi connectivity index (χ0) is 15.1. The van der Waals surface area contributed by atoms with Crippen LogP contribution in [0.4, 0.5) is 0 Å². The molecule has 1 aromatic heterocycles. The normalized spacial score (nSPS) is 11.6. The Morgan fingerprint density at radius 2 is 2.05 bits per heavy atom. The average Bonchev–Trinajstić information content (AvgIpc) is 2.98. The van der Waals surface area contributed by atoms with E-state index in [-0.39, 0.29) is 6.61 Å². The highest BCUT2D eigenvalue weighted by Gasteiger charge is 2.09. The number of para-hydroxylation sites is 1. The molecule has 3 heteroatoms. The van der Waals surface area contributed by atoms with Gasteiger partial charge in [-0.05, 0) is 36.1 Å². The zero-order valence-corrected chi connectivity index (χ0v) is 13.2. The van der Waals surface area contributed by atoms with Crippen LogP contribution in [-0.4, -0.2) is 11.7 Å². The molecule has 2 nitrogen and oxygen atoms in total. The lowest BCUT2D eigenvalue weighted by Gasteiger charge is -2.15. The highest BCUT2D eigenvalue weighted by atomic mass is 32.1. The first-order valence-electron chi connectivity index (χ1n) is 7.14. The number of hydrogen-bond acceptors (Lipinski definition) is 3. The molecule has 1 heterocycles. The van der Waals surface area contributed by atoms with Crippen molar-refractivity contribution in [2.75, 3.05) is 6.61 Å². The third-order valence-electron chi connectivity index (χ3n) is 3.38. The largest absolute Gasteiger partial charge is 0.488 e. The molecule has 21 heavy (non-hydrogen) atoms. The van der Waals surface area contributed by atoms with Crippen LogP contribution in [0.2, 0.25) is 0 Å². The van der Waals surface area contributed by atoms with Crippen LogP contribution in [0.1, 0.15) is 41.5 Å². The number of aliphatic hydroxyl groups excluding tert-OH is 1. The van der Waals surface area contributed by atoms with E-state index >= 15 is 0 Å². The highest BCUT2D eigenvalue weighted by molar-refractivity contribution is 7.12. The van der Waals surface area contributed by atoms with Crippen LogP contribution in [0.15, 0.2) is 36.4 Å². The van der Waals surface area contributed by atoms with Crippen molar-refractivity contribution >= 4 is 11.3 Å². The maximum absolute atomic E-state index is 8.70. The zero-order valence-electron chi connectivity index (χ0n) is 12.4. The predicted octanol–water partition coefficient (Wildman–Crippen LogP) is 4.18. The summed E-state index contributed by atoms with van der Waals surface area (Å²) in [5.74, 6) is 7.03. The molecule has 0 fully saturated rings. The Bertz CT molecular complexity index is 634. The van der Waals surface area contributed by atoms with Crippen molar-refractivity contribution in [1.82, 2.24) is 0 Å². The summed E-state index contributed by atoms with van der Waals surface area (Å²) in [6.45, 7) is 4.85. The van der Waals surface area contributed by atoms with Gasteiger partial charge in [-0.3, -0.25) is 0 Å². The molecule has 0 aliphatic carbocycles. The number of ether oxygens (including phenoxy) is 1. The Labute approximate surface area is 130 Å². The summed E-state index contributed by atoms with van der Waals surface area (Å²) in [7, 11) is 0. The molecule has 1 unspecified atom stereocenters. The van der Waals surface area contributed by atoms with E-state index in [4.69, 9.17) is 9.84 Å². The molecule has 0 radical (unpaired) electrons. The number of aliphatic hydroxyl groups is 1. The van der Waals surface area contributed by atoms with Crippen LogP contribution < -0.4 is 4.74 Å². The van der Waals surface area contributed by atoms with Crippen LogP contribution in [-0.2, 0) is 6.61 Å². The third kappa shape index (κ3) is 4.35. The summed E-state index contributed by atoms with van der Waals surface area (Å²) in [4.78, 5) is 2.09. The van der Waals surface area contributed by atoms with E-state index in [2.05, 4.69) is 37.8 Å². The van der Waals surface area contributed by atoms with Gasteiger partial charge in [0, 0.05) is 4.88 Å². The maximum Gasteiger partial charge on any atom is 0.123 e. The second kappa shape index (κ2) is 7.87. The molecule has 0 aliphatic rings. The standard InChI is InChI=1S/C18H20O2S/c1-3-14(2)17-8-4-5-9-18(17)20-13-16-11-10-15(21-16)7-6-12-19/h4-5,8-11,14,19H,3,12-13H2,1-2H3. The molecule has 2 rings (SSSR count). The molecular weight excluding hydrogens is 280 g/mol. The Kier molecular flexibility index (Phi) is 5.86. The summed E-state index contributed by atoms with van der Waals surface area (Å²) >= 11 is 1.60. The topological polar surface area (TPSA) is 29.5 Å². The molecule has 0 spiro atoms. The van der Waals surface area contributed by atoms with Crippen molar-refractivity contribution in [3.63, 3.8) is 0 Å². The van der Waals surface area contributed by atoms with E-state index in [1.807, 2.05) is 24.3 Å². The van der Waals surface area contributed by atoms with E-state index < -0.39 is 0 Å². The summed E-state index contributed by atoms with van der Waals surface area (Å²) in [6, 6.07) is 12.2. The summed E-state index contributed by atoms with van der Waals surface area (Å²) in [6.07, 6.45) is 1.10. The van der Waals surface area contributed by atoms with Gasteiger partial charge >= 0.3 is 0 Å². The second-order valence-corrected chi connectivity index (χ2v) is 6.03. The van der Waals surface area contributed by atoms with Gasteiger partial charge in [-0.25, -0.2) is 0 Å².